The van der Waals surface area contributed by atoms with Gasteiger partial charge in [0.15, 0.2) is 0 Å². The summed E-state index contributed by atoms with van der Waals surface area (Å²) in [5, 5.41) is 10.4. The molecule has 0 unspecified atom stereocenters. The summed E-state index contributed by atoms with van der Waals surface area (Å²) >= 11 is 2.07. The van der Waals surface area contributed by atoms with Gasteiger partial charge in [-0.2, -0.15) is 0 Å². The third-order valence-corrected chi connectivity index (χ3v) is 7.17. The zero-order valence-corrected chi connectivity index (χ0v) is 16.8. The molecule has 140 valence electrons. The second kappa shape index (κ2) is 7.93. The molecule has 0 amide bonds. The first-order valence-electron chi connectivity index (χ1n) is 9.46. The molecule has 2 aliphatic rings. The molecular formula is C22H29NO2S. The maximum Gasteiger partial charge on any atom is 0.290 e. The number of fused-ring (bicyclic) bond motifs is 1. The van der Waals surface area contributed by atoms with Crippen LogP contribution in [0.2, 0.25) is 0 Å². The third kappa shape index (κ3) is 3.86. The van der Waals surface area contributed by atoms with E-state index in [4.69, 9.17) is 9.90 Å². The number of rotatable bonds is 2. The van der Waals surface area contributed by atoms with Crippen molar-refractivity contribution in [3.63, 3.8) is 0 Å². The maximum atomic E-state index is 8.36. The molecule has 1 aromatic carbocycles. The van der Waals surface area contributed by atoms with Gasteiger partial charge in [-0.05, 0) is 72.7 Å². The van der Waals surface area contributed by atoms with Gasteiger partial charge in [0.1, 0.15) is 0 Å². The van der Waals surface area contributed by atoms with Gasteiger partial charge in [0.2, 0.25) is 0 Å². The summed E-state index contributed by atoms with van der Waals surface area (Å²) in [6.45, 7) is 9.24. The Bertz CT molecular complexity index is 772. The molecule has 1 aromatic heterocycles. The molecule has 0 bridgehead atoms. The van der Waals surface area contributed by atoms with Crippen LogP contribution >= 0.6 is 11.3 Å². The molecule has 1 aliphatic carbocycles. The summed E-state index contributed by atoms with van der Waals surface area (Å²) in [5.41, 5.74) is 6.72. The van der Waals surface area contributed by atoms with Crippen LogP contribution in [-0.2, 0) is 17.6 Å². The van der Waals surface area contributed by atoms with E-state index in [2.05, 4.69) is 61.7 Å². The molecule has 1 atom stereocenters. The Hall–Kier alpha value is -1.65. The van der Waals surface area contributed by atoms with E-state index in [1.807, 2.05) is 0 Å². The summed E-state index contributed by atoms with van der Waals surface area (Å²) in [6, 6.07) is 9.13. The van der Waals surface area contributed by atoms with Gasteiger partial charge in [-0.15, -0.1) is 11.3 Å². The van der Waals surface area contributed by atoms with Crippen LogP contribution < -0.4 is 5.32 Å². The highest BCUT2D eigenvalue weighted by Crippen LogP contribution is 2.46. The predicted octanol–water partition coefficient (Wildman–Crippen LogP) is 5.02. The van der Waals surface area contributed by atoms with Crippen LogP contribution in [0.3, 0.4) is 0 Å². The summed E-state index contributed by atoms with van der Waals surface area (Å²) in [6.07, 6.45) is 5.11. The molecule has 3 nitrogen and oxygen atoms in total. The van der Waals surface area contributed by atoms with E-state index in [9.17, 15) is 0 Å². The van der Waals surface area contributed by atoms with Gasteiger partial charge in [-0.1, -0.05) is 38.1 Å². The van der Waals surface area contributed by atoms with Crippen molar-refractivity contribution in [3.05, 3.63) is 45.8 Å². The highest BCUT2D eigenvalue weighted by molar-refractivity contribution is 7.16. The fourth-order valence-electron chi connectivity index (χ4n) is 4.30. The second-order valence-corrected chi connectivity index (χ2v) is 9.29. The molecule has 26 heavy (non-hydrogen) atoms. The maximum absolute atomic E-state index is 8.36. The van der Waals surface area contributed by atoms with Crippen LogP contribution in [0.25, 0.3) is 10.4 Å². The molecule has 0 spiro atoms. The average molecular weight is 372 g/mol. The minimum absolute atomic E-state index is 0.250. The van der Waals surface area contributed by atoms with Crippen molar-refractivity contribution in [1.82, 2.24) is 5.32 Å². The highest BCUT2D eigenvalue weighted by atomic mass is 32.1. The Morgan fingerprint density at radius 2 is 2.04 bits per heavy atom. The summed E-state index contributed by atoms with van der Waals surface area (Å²) in [5.74, 6) is 0.682. The molecule has 4 heteroatoms. The predicted molar refractivity (Wildman–Crippen MR) is 109 cm³/mol. The molecule has 1 saturated heterocycles. The van der Waals surface area contributed by atoms with E-state index in [0.717, 1.165) is 13.1 Å². The number of aryl methyl sites for hydroxylation is 1. The molecule has 2 aromatic rings. The first-order chi connectivity index (χ1) is 12.5. The van der Waals surface area contributed by atoms with Crippen LogP contribution in [0.4, 0.5) is 0 Å². The van der Waals surface area contributed by atoms with Crippen molar-refractivity contribution in [3.8, 4) is 10.4 Å². The van der Waals surface area contributed by atoms with Gasteiger partial charge in [-0.25, -0.2) is 0 Å². The number of carbonyl (C=O) groups is 1. The van der Waals surface area contributed by atoms with E-state index >= 15 is 0 Å². The van der Waals surface area contributed by atoms with Gasteiger partial charge >= 0.3 is 0 Å². The van der Waals surface area contributed by atoms with Crippen LogP contribution in [0.15, 0.2) is 24.3 Å². The van der Waals surface area contributed by atoms with Gasteiger partial charge in [-0.3, -0.25) is 4.79 Å². The molecule has 2 N–H and O–H groups in total. The lowest BCUT2D eigenvalue weighted by Crippen LogP contribution is -2.21. The Morgan fingerprint density at radius 3 is 2.73 bits per heavy atom. The lowest BCUT2D eigenvalue weighted by atomic mass is 9.76. The number of hydrogen-bond donors (Lipinski definition) is 2. The third-order valence-electron chi connectivity index (χ3n) is 5.74. The largest absolute Gasteiger partial charge is 0.483 e. The van der Waals surface area contributed by atoms with Crippen molar-refractivity contribution >= 4 is 17.8 Å². The van der Waals surface area contributed by atoms with Crippen molar-refractivity contribution in [2.45, 2.75) is 52.4 Å². The van der Waals surface area contributed by atoms with Crippen molar-refractivity contribution < 1.29 is 9.90 Å². The minimum Gasteiger partial charge on any atom is -0.483 e. The summed E-state index contributed by atoms with van der Waals surface area (Å²) in [4.78, 5) is 11.5. The lowest BCUT2D eigenvalue weighted by Gasteiger charge is -2.29. The second-order valence-electron chi connectivity index (χ2n) is 8.18. The van der Waals surface area contributed by atoms with Gasteiger partial charge in [0.05, 0.1) is 0 Å². The zero-order chi connectivity index (χ0) is 18.7. The van der Waals surface area contributed by atoms with Crippen LogP contribution in [0.1, 0.15) is 54.2 Å². The van der Waals surface area contributed by atoms with Gasteiger partial charge in [0, 0.05) is 16.3 Å². The van der Waals surface area contributed by atoms with E-state index in [1.165, 1.54) is 36.1 Å². The van der Waals surface area contributed by atoms with Crippen LogP contribution in [0.5, 0.6) is 0 Å². The molecule has 2 heterocycles. The normalized spacial score (nSPS) is 20.8. The zero-order valence-electron chi connectivity index (χ0n) is 16.0. The molecule has 0 radical (unpaired) electrons. The van der Waals surface area contributed by atoms with E-state index in [0.29, 0.717) is 11.3 Å². The van der Waals surface area contributed by atoms with Crippen molar-refractivity contribution in [2.75, 3.05) is 13.1 Å². The van der Waals surface area contributed by atoms with E-state index < -0.39 is 0 Å². The Balaban J connectivity index is 0.000000613. The lowest BCUT2D eigenvalue weighted by molar-refractivity contribution is -0.122. The van der Waals surface area contributed by atoms with Crippen LogP contribution in [0, 0.1) is 12.3 Å². The molecule has 1 fully saturated rings. The smallest absolute Gasteiger partial charge is 0.290 e. The first kappa shape index (κ1) is 19.1. The number of carboxylic acid groups (broad SMARTS) is 1. The van der Waals surface area contributed by atoms with Crippen LogP contribution in [-0.4, -0.2) is 24.7 Å². The van der Waals surface area contributed by atoms with E-state index in [1.54, 1.807) is 21.6 Å². The molecular weight excluding hydrogens is 342 g/mol. The molecule has 0 saturated carbocycles. The topological polar surface area (TPSA) is 49.3 Å². The summed E-state index contributed by atoms with van der Waals surface area (Å²) in [7, 11) is 0. The fraction of sp³-hybridized carbons (Fsp3) is 0.500. The van der Waals surface area contributed by atoms with Crippen molar-refractivity contribution in [2.24, 2.45) is 5.41 Å². The highest BCUT2D eigenvalue weighted by Gasteiger charge is 2.30. The standard InChI is InChI=1S/C21H27NS.CH2O2/c1-14-18-12-21(2,3)10-8-19(18)23-20(14)17-7-5-4-6-16(17)15-9-11-22-13-15;2-1-3/h4-7,15,22H,8-13H2,1-3H3;1H,(H,2,3)/t15-;/m1./s1. The fourth-order valence-corrected chi connectivity index (χ4v) is 5.67. The number of nitrogens with one attached hydrogen (secondary N) is 1. The number of thiophene rings is 1. The Kier molecular flexibility index (Phi) is 5.83. The number of hydrogen-bond acceptors (Lipinski definition) is 3. The average Bonchev–Trinajstić information content (AvgIpc) is 3.24. The van der Waals surface area contributed by atoms with E-state index in [-0.39, 0.29) is 6.47 Å². The SMILES string of the molecule is Cc1c(-c2ccccc2[C@@H]2CCNC2)sc2c1CC(C)(C)CC2.O=CO. The first-order valence-corrected chi connectivity index (χ1v) is 10.3. The number of benzene rings is 1. The molecule has 4 rings (SSSR count). The van der Waals surface area contributed by atoms with Gasteiger partial charge in [0.25, 0.3) is 6.47 Å². The minimum atomic E-state index is -0.250. The quantitative estimate of drug-likeness (QED) is 0.729. The summed E-state index contributed by atoms with van der Waals surface area (Å²) < 4.78 is 0. The Labute approximate surface area is 160 Å². The Morgan fingerprint density at radius 1 is 1.31 bits per heavy atom. The van der Waals surface area contributed by atoms with Gasteiger partial charge < -0.3 is 10.4 Å². The monoisotopic (exact) mass is 371 g/mol. The molecule has 1 aliphatic heterocycles. The van der Waals surface area contributed by atoms with Crippen molar-refractivity contribution in [1.29, 1.82) is 0 Å².